The molecular formula is C67H113NO3. The van der Waals surface area contributed by atoms with Crippen molar-refractivity contribution in [1.82, 2.24) is 5.32 Å². The van der Waals surface area contributed by atoms with Crippen molar-refractivity contribution < 1.29 is 15.0 Å². The lowest BCUT2D eigenvalue weighted by atomic mass is 10.0. The molecular weight excluding hydrogens is 867 g/mol. The Morgan fingerprint density at radius 3 is 0.986 bits per heavy atom. The van der Waals surface area contributed by atoms with Crippen molar-refractivity contribution >= 4 is 5.91 Å². The summed E-state index contributed by atoms with van der Waals surface area (Å²) in [4.78, 5) is 12.5. The monoisotopic (exact) mass is 980 g/mol. The quantitative estimate of drug-likeness (QED) is 0.0420. The second kappa shape index (κ2) is 60.8. The lowest BCUT2D eigenvalue weighted by Gasteiger charge is -2.19. The fourth-order valence-corrected chi connectivity index (χ4v) is 8.37. The summed E-state index contributed by atoms with van der Waals surface area (Å²) in [5.41, 5.74) is 0. The van der Waals surface area contributed by atoms with Crippen LogP contribution in [0.5, 0.6) is 0 Å². The average molecular weight is 981 g/mol. The second-order valence-electron chi connectivity index (χ2n) is 19.7. The van der Waals surface area contributed by atoms with Gasteiger partial charge in [-0.05, 0) is 96.3 Å². The summed E-state index contributed by atoms with van der Waals surface area (Å²) in [7, 11) is 0. The van der Waals surface area contributed by atoms with Crippen LogP contribution < -0.4 is 5.32 Å². The summed E-state index contributed by atoms with van der Waals surface area (Å²) in [5, 5.41) is 23.1. The zero-order valence-corrected chi connectivity index (χ0v) is 46.4. The molecule has 0 aliphatic heterocycles. The summed E-state index contributed by atoms with van der Waals surface area (Å²) < 4.78 is 0. The molecule has 4 heteroatoms. The molecule has 0 aromatic heterocycles. The molecule has 404 valence electrons. The number of hydrogen-bond donors (Lipinski definition) is 3. The normalized spacial score (nSPS) is 13.8. The number of carbonyl (C=O) groups is 1. The van der Waals surface area contributed by atoms with Crippen LogP contribution >= 0.6 is 0 Å². The minimum atomic E-state index is -0.898. The highest BCUT2D eigenvalue weighted by Crippen LogP contribution is 2.16. The van der Waals surface area contributed by atoms with Crippen LogP contribution in [0.25, 0.3) is 0 Å². The van der Waals surface area contributed by atoms with Crippen LogP contribution in [0.15, 0.2) is 134 Å². The molecule has 0 aliphatic carbocycles. The zero-order valence-electron chi connectivity index (χ0n) is 46.4. The first-order valence-electron chi connectivity index (χ1n) is 29.9. The Morgan fingerprint density at radius 1 is 0.352 bits per heavy atom. The molecule has 0 spiro atoms. The number of allylic oxidation sites excluding steroid dienone is 21. The number of aliphatic hydroxyl groups is 2. The average Bonchev–Trinajstić information content (AvgIpc) is 3.37. The highest BCUT2D eigenvalue weighted by atomic mass is 16.3. The van der Waals surface area contributed by atoms with E-state index in [2.05, 4.69) is 141 Å². The number of unbranched alkanes of at least 4 members (excludes halogenated alkanes) is 26. The van der Waals surface area contributed by atoms with Gasteiger partial charge in [0, 0.05) is 6.42 Å². The Labute approximate surface area is 441 Å². The third-order valence-electron chi connectivity index (χ3n) is 12.9. The molecule has 0 saturated heterocycles. The van der Waals surface area contributed by atoms with Gasteiger partial charge in [0.1, 0.15) is 0 Å². The van der Waals surface area contributed by atoms with E-state index >= 15 is 0 Å². The minimum absolute atomic E-state index is 0.135. The van der Waals surface area contributed by atoms with Gasteiger partial charge in [0.05, 0.1) is 18.8 Å². The summed E-state index contributed by atoms with van der Waals surface area (Å²) in [6, 6.07) is -0.682. The van der Waals surface area contributed by atoms with E-state index in [-0.39, 0.29) is 12.5 Å². The highest BCUT2D eigenvalue weighted by Gasteiger charge is 2.17. The molecule has 1 amide bonds. The Kier molecular flexibility index (Phi) is 57.9. The predicted octanol–water partition coefficient (Wildman–Crippen LogP) is 20.2. The third kappa shape index (κ3) is 57.3. The maximum Gasteiger partial charge on any atom is 0.220 e. The Bertz CT molecular complexity index is 1440. The lowest BCUT2D eigenvalue weighted by Crippen LogP contribution is -2.45. The first kappa shape index (κ1) is 67.5. The van der Waals surface area contributed by atoms with Crippen molar-refractivity contribution in [2.24, 2.45) is 0 Å². The highest BCUT2D eigenvalue weighted by molar-refractivity contribution is 5.76. The Morgan fingerprint density at radius 2 is 0.634 bits per heavy atom. The molecule has 4 nitrogen and oxygen atoms in total. The zero-order chi connectivity index (χ0) is 51.3. The van der Waals surface area contributed by atoms with Crippen molar-refractivity contribution in [1.29, 1.82) is 0 Å². The van der Waals surface area contributed by atoms with E-state index in [1.54, 1.807) is 6.08 Å². The summed E-state index contributed by atoms with van der Waals surface area (Å²) >= 11 is 0. The van der Waals surface area contributed by atoms with Crippen molar-refractivity contribution in [2.75, 3.05) is 6.61 Å². The van der Waals surface area contributed by atoms with E-state index in [9.17, 15) is 15.0 Å². The van der Waals surface area contributed by atoms with Crippen LogP contribution in [0.1, 0.15) is 264 Å². The van der Waals surface area contributed by atoms with Crippen LogP contribution in [0.4, 0.5) is 0 Å². The first-order chi connectivity index (χ1) is 35.2. The summed E-state index contributed by atoms with van der Waals surface area (Å²) in [6.07, 6.45) is 94.9. The summed E-state index contributed by atoms with van der Waals surface area (Å²) in [5.74, 6) is -0.135. The molecule has 0 saturated carbocycles. The van der Waals surface area contributed by atoms with E-state index in [4.69, 9.17) is 0 Å². The van der Waals surface area contributed by atoms with Crippen molar-refractivity contribution in [3.63, 3.8) is 0 Å². The van der Waals surface area contributed by atoms with Crippen LogP contribution in [0.2, 0.25) is 0 Å². The van der Waals surface area contributed by atoms with E-state index in [0.717, 1.165) is 89.9 Å². The van der Waals surface area contributed by atoms with Crippen LogP contribution in [0.3, 0.4) is 0 Å². The molecule has 0 rings (SSSR count). The van der Waals surface area contributed by atoms with Crippen LogP contribution in [-0.4, -0.2) is 34.9 Å². The molecule has 2 unspecified atom stereocenters. The molecule has 0 aromatic carbocycles. The standard InChI is InChI=1S/C67H113NO3/c1-3-5-7-9-11-13-15-17-19-21-23-25-27-29-31-33-35-36-38-40-42-44-46-48-50-52-54-56-58-60-62-66(70)65(64-69)68-67(71)63-61-59-57-55-53-51-49-47-45-43-41-39-37-34-32-30-28-26-24-22-20-18-16-14-12-10-8-6-4-2/h6,8,12,14,18,20,24,26,30,32,37,39,43,45,49,51-52,54-55,57,60,62,65-66,69-70H,3-5,7,9-11,13,15-17,19,21-23,25,27-29,31,33-36,38,40-42,44,46-48,50,53,56,58-59,61,63-64H2,1-2H3,(H,68,71)/b8-6-,14-12-,20-18-,26-24-,32-30-,39-37-,45-43-,51-49-,54-52+,57-55-,62-60+. The molecule has 0 aliphatic rings. The Balaban J connectivity index is 3.68. The van der Waals surface area contributed by atoms with Gasteiger partial charge in [-0.2, -0.15) is 0 Å². The van der Waals surface area contributed by atoms with E-state index in [0.29, 0.717) is 6.42 Å². The number of amides is 1. The smallest absolute Gasteiger partial charge is 0.220 e. The number of nitrogens with one attached hydrogen (secondary N) is 1. The topological polar surface area (TPSA) is 69.6 Å². The predicted molar refractivity (Wildman–Crippen MR) is 317 cm³/mol. The van der Waals surface area contributed by atoms with Crippen molar-refractivity contribution in [3.8, 4) is 0 Å². The summed E-state index contributed by atoms with van der Waals surface area (Å²) in [6.45, 7) is 4.17. The third-order valence-corrected chi connectivity index (χ3v) is 12.9. The molecule has 0 heterocycles. The first-order valence-corrected chi connectivity index (χ1v) is 29.9. The van der Waals surface area contributed by atoms with Gasteiger partial charge in [0.15, 0.2) is 0 Å². The van der Waals surface area contributed by atoms with Gasteiger partial charge in [0.25, 0.3) is 0 Å². The van der Waals surface area contributed by atoms with E-state index < -0.39 is 12.1 Å². The molecule has 0 aromatic rings. The lowest BCUT2D eigenvalue weighted by molar-refractivity contribution is -0.122. The molecule has 0 fully saturated rings. The molecule has 2 atom stereocenters. The van der Waals surface area contributed by atoms with E-state index in [1.807, 2.05) is 6.08 Å². The van der Waals surface area contributed by atoms with E-state index in [1.165, 1.54) is 154 Å². The van der Waals surface area contributed by atoms with Gasteiger partial charge in [-0.3, -0.25) is 4.79 Å². The van der Waals surface area contributed by atoms with Crippen molar-refractivity contribution in [2.45, 2.75) is 276 Å². The maximum absolute atomic E-state index is 12.5. The van der Waals surface area contributed by atoms with Gasteiger partial charge in [-0.15, -0.1) is 0 Å². The minimum Gasteiger partial charge on any atom is -0.394 e. The van der Waals surface area contributed by atoms with Crippen molar-refractivity contribution in [3.05, 3.63) is 134 Å². The van der Waals surface area contributed by atoms with Crippen LogP contribution in [-0.2, 0) is 4.79 Å². The van der Waals surface area contributed by atoms with Gasteiger partial charge in [0.2, 0.25) is 5.91 Å². The number of rotatable bonds is 53. The fourth-order valence-electron chi connectivity index (χ4n) is 8.37. The second-order valence-corrected chi connectivity index (χ2v) is 19.7. The van der Waals surface area contributed by atoms with Crippen LogP contribution in [0, 0.1) is 0 Å². The fraction of sp³-hybridized carbons (Fsp3) is 0.657. The number of hydrogen-bond acceptors (Lipinski definition) is 3. The number of carbonyl (C=O) groups excluding carboxylic acids is 1. The van der Waals surface area contributed by atoms with Gasteiger partial charge in [-0.1, -0.05) is 295 Å². The SMILES string of the molecule is CC/C=C\C/C=C\C/C=C\C/C=C\C/C=C\C/C=C\C/C=C\C/C=C\C/C=C\CCCC(=O)NC(CO)C(O)/C=C/CC/C=C/CCCCCCCCCCCCCCCCCCCCCCCCCC. The van der Waals surface area contributed by atoms with Gasteiger partial charge < -0.3 is 15.5 Å². The maximum atomic E-state index is 12.5. The van der Waals surface area contributed by atoms with Gasteiger partial charge in [-0.25, -0.2) is 0 Å². The van der Waals surface area contributed by atoms with Gasteiger partial charge >= 0.3 is 0 Å². The molecule has 3 N–H and O–H groups in total. The molecule has 0 radical (unpaired) electrons. The number of aliphatic hydroxyl groups excluding tert-OH is 2. The molecule has 0 bridgehead atoms. The Hall–Kier alpha value is -3.47. The largest absolute Gasteiger partial charge is 0.394 e. The molecule has 71 heavy (non-hydrogen) atoms.